The molecular formula is C21H22N2O3S. The monoisotopic (exact) mass is 382 g/mol. The van der Waals surface area contributed by atoms with Crippen LogP contribution in [0.4, 0.5) is 5.69 Å². The second-order valence-corrected chi connectivity index (χ2v) is 7.21. The van der Waals surface area contributed by atoms with Crippen LogP contribution in [0.25, 0.3) is 0 Å². The minimum atomic E-state index is -0.209. The first-order valence-electron chi connectivity index (χ1n) is 8.83. The smallest absolute Gasteiger partial charge is 0.265 e. The van der Waals surface area contributed by atoms with Crippen molar-refractivity contribution in [2.45, 2.75) is 13.3 Å². The van der Waals surface area contributed by atoms with E-state index < -0.39 is 0 Å². The van der Waals surface area contributed by atoms with E-state index in [1.54, 1.807) is 31.2 Å². The molecule has 6 heteroatoms. The van der Waals surface area contributed by atoms with Crippen molar-refractivity contribution in [1.82, 2.24) is 5.32 Å². The summed E-state index contributed by atoms with van der Waals surface area (Å²) in [5, 5.41) is 5.75. The molecule has 1 heterocycles. The van der Waals surface area contributed by atoms with Gasteiger partial charge in [0.2, 0.25) is 0 Å². The molecule has 0 atom stereocenters. The fourth-order valence-electron chi connectivity index (χ4n) is 2.72. The van der Waals surface area contributed by atoms with Crippen LogP contribution in [0.5, 0.6) is 0 Å². The summed E-state index contributed by atoms with van der Waals surface area (Å²) in [6.45, 7) is 2.96. The number of hydrogen-bond donors (Lipinski definition) is 2. The van der Waals surface area contributed by atoms with Gasteiger partial charge in [-0.25, -0.2) is 0 Å². The number of anilines is 1. The number of carbonyl (C=O) groups excluding carboxylic acids is 2. The Morgan fingerprint density at radius 2 is 1.89 bits per heavy atom. The predicted molar refractivity (Wildman–Crippen MR) is 109 cm³/mol. The molecule has 3 rings (SSSR count). The Morgan fingerprint density at radius 3 is 2.67 bits per heavy atom. The van der Waals surface area contributed by atoms with Crippen LogP contribution in [0.3, 0.4) is 0 Å². The van der Waals surface area contributed by atoms with Crippen LogP contribution in [-0.4, -0.2) is 30.7 Å². The molecule has 0 unspecified atom stereocenters. The molecule has 5 nitrogen and oxygen atoms in total. The molecule has 1 aliphatic heterocycles. The topological polar surface area (TPSA) is 67.4 Å². The van der Waals surface area contributed by atoms with Crippen molar-refractivity contribution in [1.29, 1.82) is 0 Å². The van der Waals surface area contributed by atoms with Gasteiger partial charge in [-0.15, -0.1) is 11.8 Å². The highest BCUT2D eigenvalue weighted by molar-refractivity contribution is 8.04. The van der Waals surface area contributed by atoms with Crippen LogP contribution in [0.1, 0.15) is 22.8 Å². The molecule has 0 saturated heterocycles. The molecule has 0 saturated carbocycles. The third-order valence-corrected chi connectivity index (χ3v) is 5.23. The third kappa shape index (κ3) is 5.37. The average molecular weight is 382 g/mol. The molecule has 0 aromatic heterocycles. The number of hydrogen-bond acceptors (Lipinski definition) is 4. The van der Waals surface area contributed by atoms with Crippen molar-refractivity contribution in [2.24, 2.45) is 0 Å². The van der Waals surface area contributed by atoms with Gasteiger partial charge in [-0.2, -0.15) is 0 Å². The summed E-state index contributed by atoms with van der Waals surface area (Å²) in [5.74, 6) is 1.02. The molecule has 2 aromatic rings. The van der Waals surface area contributed by atoms with Gasteiger partial charge >= 0.3 is 0 Å². The zero-order valence-electron chi connectivity index (χ0n) is 15.2. The van der Waals surface area contributed by atoms with E-state index in [0.717, 1.165) is 12.2 Å². The van der Waals surface area contributed by atoms with E-state index in [-0.39, 0.29) is 11.8 Å². The number of amides is 2. The highest BCUT2D eigenvalue weighted by Crippen LogP contribution is 2.26. The maximum atomic E-state index is 12.4. The van der Waals surface area contributed by atoms with Crippen molar-refractivity contribution in [3.8, 4) is 0 Å². The van der Waals surface area contributed by atoms with Crippen LogP contribution in [-0.2, 0) is 16.0 Å². The number of rotatable bonds is 6. The fourth-order valence-corrected chi connectivity index (χ4v) is 3.54. The standard InChI is InChI=1S/C21H22N2O3S/c1-15-19(27-13-12-26-15)21(25)23-18-9-5-8-17(14-18)20(24)22-11-10-16-6-3-2-4-7-16/h2-9,14H,10-13H2,1H3,(H,22,24)(H,23,25). The summed E-state index contributed by atoms with van der Waals surface area (Å²) >= 11 is 1.48. The van der Waals surface area contributed by atoms with Crippen LogP contribution in [0, 0.1) is 0 Å². The second kappa shape index (κ2) is 9.28. The van der Waals surface area contributed by atoms with E-state index in [0.29, 0.717) is 35.1 Å². The third-order valence-electron chi connectivity index (χ3n) is 4.10. The summed E-state index contributed by atoms with van der Waals surface area (Å²) in [6, 6.07) is 16.9. The minimum absolute atomic E-state index is 0.159. The Labute approximate surface area is 163 Å². The zero-order valence-corrected chi connectivity index (χ0v) is 16.0. The maximum absolute atomic E-state index is 12.4. The lowest BCUT2D eigenvalue weighted by Crippen LogP contribution is -2.26. The Hall–Kier alpha value is -2.73. The quantitative estimate of drug-likeness (QED) is 0.801. The van der Waals surface area contributed by atoms with Gasteiger partial charge in [-0.1, -0.05) is 36.4 Å². The Morgan fingerprint density at radius 1 is 1.07 bits per heavy atom. The number of carbonyl (C=O) groups is 2. The van der Waals surface area contributed by atoms with Gasteiger partial charge in [0.1, 0.15) is 10.7 Å². The molecule has 0 bridgehead atoms. The van der Waals surface area contributed by atoms with Gasteiger partial charge in [-0.05, 0) is 37.1 Å². The predicted octanol–water partition coefficient (Wildman–Crippen LogP) is 3.59. The highest BCUT2D eigenvalue weighted by atomic mass is 32.2. The first-order chi connectivity index (χ1) is 13.1. The molecule has 27 heavy (non-hydrogen) atoms. The van der Waals surface area contributed by atoms with Crippen LogP contribution >= 0.6 is 11.8 Å². The first kappa shape index (κ1) is 19.0. The van der Waals surface area contributed by atoms with Gasteiger partial charge in [0.25, 0.3) is 11.8 Å². The molecule has 1 aliphatic rings. The molecule has 0 aliphatic carbocycles. The first-order valence-corrected chi connectivity index (χ1v) is 9.82. The molecule has 2 aromatic carbocycles. The van der Waals surface area contributed by atoms with Gasteiger partial charge in [0, 0.05) is 23.5 Å². The van der Waals surface area contributed by atoms with Gasteiger partial charge in [0.05, 0.1) is 6.61 Å². The van der Waals surface area contributed by atoms with E-state index in [4.69, 9.17) is 4.74 Å². The summed E-state index contributed by atoms with van der Waals surface area (Å²) in [4.78, 5) is 25.4. The lowest BCUT2D eigenvalue weighted by Gasteiger charge is -2.17. The molecular weight excluding hydrogens is 360 g/mol. The number of nitrogens with one attached hydrogen (secondary N) is 2. The van der Waals surface area contributed by atoms with Crippen molar-refractivity contribution < 1.29 is 14.3 Å². The molecule has 2 amide bonds. The number of allylic oxidation sites excluding steroid dienone is 1. The van der Waals surface area contributed by atoms with Gasteiger partial charge in [-0.3, -0.25) is 9.59 Å². The number of ether oxygens (including phenoxy) is 1. The largest absolute Gasteiger partial charge is 0.496 e. The minimum Gasteiger partial charge on any atom is -0.496 e. The lowest BCUT2D eigenvalue weighted by molar-refractivity contribution is -0.112. The van der Waals surface area contributed by atoms with E-state index in [2.05, 4.69) is 10.6 Å². The maximum Gasteiger partial charge on any atom is 0.265 e. The normalized spacial score (nSPS) is 13.7. The lowest BCUT2D eigenvalue weighted by atomic mass is 10.1. The van der Waals surface area contributed by atoms with Crippen molar-refractivity contribution in [2.75, 3.05) is 24.2 Å². The Balaban J connectivity index is 1.58. The Kier molecular flexibility index (Phi) is 6.54. The molecule has 0 fully saturated rings. The van der Waals surface area contributed by atoms with Crippen molar-refractivity contribution in [3.63, 3.8) is 0 Å². The van der Waals surface area contributed by atoms with Crippen LogP contribution < -0.4 is 10.6 Å². The second-order valence-electron chi connectivity index (χ2n) is 6.11. The molecule has 140 valence electrons. The Bertz CT molecular complexity index is 850. The van der Waals surface area contributed by atoms with Gasteiger partial charge in [0.15, 0.2) is 0 Å². The number of thioether (sulfide) groups is 1. The molecule has 2 N–H and O–H groups in total. The highest BCUT2D eigenvalue weighted by Gasteiger charge is 2.19. The van der Waals surface area contributed by atoms with Gasteiger partial charge < -0.3 is 15.4 Å². The summed E-state index contributed by atoms with van der Waals surface area (Å²) in [5.41, 5.74) is 2.27. The summed E-state index contributed by atoms with van der Waals surface area (Å²) < 4.78 is 5.43. The van der Waals surface area contributed by atoms with Crippen molar-refractivity contribution in [3.05, 3.63) is 76.4 Å². The molecule has 0 radical (unpaired) electrons. The van der Waals surface area contributed by atoms with E-state index >= 15 is 0 Å². The van der Waals surface area contributed by atoms with E-state index in [1.807, 2.05) is 30.3 Å². The van der Waals surface area contributed by atoms with Crippen molar-refractivity contribution >= 4 is 29.3 Å². The zero-order chi connectivity index (χ0) is 19.1. The van der Waals surface area contributed by atoms with Crippen LogP contribution in [0.15, 0.2) is 65.3 Å². The molecule has 0 spiro atoms. The average Bonchev–Trinajstić information content (AvgIpc) is 2.69. The van der Waals surface area contributed by atoms with E-state index in [9.17, 15) is 9.59 Å². The summed E-state index contributed by atoms with van der Waals surface area (Å²) in [7, 11) is 0. The van der Waals surface area contributed by atoms with Crippen LogP contribution in [0.2, 0.25) is 0 Å². The van der Waals surface area contributed by atoms with E-state index in [1.165, 1.54) is 17.3 Å². The summed E-state index contributed by atoms with van der Waals surface area (Å²) in [6.07, 6.45) is 0.771. The number of benzene rings is 2. The fraction of sp³-hybridized carbons (Fsp3) is 0.238. The SMILES string of the molecule is CC1=C(C(=O)Nc2cccc(C(=O)NCCc3ccccc3)c2)SCCO1.